The first-order chi connectivity index (χ1) is 8.19. The summed E-state index contributed by atoms with van der Waals surface area (Å²) in [6.45, 7) is 2.66. The summed E-state index contributed by atoms with van der Waals surface area (Å²) < 4.78 is 11.7. The maximum atomic E-state index is 5.66. The first-order valence-corrected chi connectivity index (χ1v) is 6.02. The van der Waals surface area contributed by atoms with Crippen molar-refractivity contribution in [1.82, 2.24) is 5.16 Å². The van der Waals surface area contributed by atoms with E-state index in [0.717, 1.165) is 21.5 Å². The average molecular weight is 297 g/mol. The molecule has 1 aromatic heterocycles. The molecule has 17 heavy (non-hydrogen) atoms. The van der Waals surface area contributed by atoms with Crippen LogP contribution in [0.3, 0.4) is 0 Å². The third-order valence-electron chi connectivity index (χ3n) is 2.29. The molecule has 0 aliphatic rings. The predicted octanol–water partition coefficient (Wildman–Crippen LogP) is 2.78. The SMILES string of the molecule is Cc1cc(COc2ccc(Br)cc2CN)on1. The zero-order valence-corrected chi connectivity index (χ0v) is 11.0. The lowest BCUT2D eigenvalue weighted by atomic mass is 10.2. The van der Waals surface area contributed by atoms with Crippen molar-refractivity contribution in [2.75, 3.05) is 0 Å². The lowest BCUT2D eigenvalue weighted by molar-refractivity contribution is 0.247. The summed E-state index contributed by atoms with van der Waals surface area (Å²) in [5, 5.41) is 3.80. The van der Waals surface area contributed by atoms with Crippen molar-refractivity contribution in [2.45, 2.75) is 20.1 Å². The van der Waals surface area contributed by atoms with Gasteiger partial charge in [0.05, 0.1) is 5.69 Å². The van der Waals surface area contributed by atoms with Crippen molar-refractivity contribution in [1.29, 1.82) is 0 Å². The average Bonchev–Trinajstić information content (AvgIpc) is 2.73. The van der Waals surface area contributed by atoms with Crippen LogP contribution in [0.1, 0.15) is 17.0 Å². The minimum atomic E-state index is 0.357. The molecule has 0 amide bonds. The fraction of sp³-hybridized carbons (Fsp3) is 0.250. The van der Waals surface area contributed by atoms with Crippen molar-refractivity contribution in [3.8, 4) is 5.75 Å². The Bertz CT molecular complexity index is 511. The van der Waals surface area contributed by atoms with Crippen LogP contribution in [-0.2, 0) is 13.2 Å². The zero-order chi connectivity index (χ0) is 12.3. The molecule has 0 unspecified atom stereocenters. The van der Waals surface area contributed by atoms with Crippen LogP contribution in [0.25, 0.3) is 0 Å². The molecule has 0 atom stereocenters. The Morgan fingerprint density at radius 1 is 1.41 bits per heavy atom. The fourth-order valence-electron chi connectivity index (χ4n) is 1.48. The molecule has 4 nitrogen and oxygen atoms in total. The third-order valence-corrected chi connectivity index (χ3v) is 2.78. The fourth-order valence-corrected chi connectivity index (χ4v) is 1.89. The first kappa shape index (κ1) is 12.1. The predicted molar refractivity (Wildman–Crippen MR) is 67.6 cm³/mol. The summed E-state index contributed by atoms with van der Waals surface area (Å²) in [5.41, 5.74) is 7.46. The largest absolute Gasteiger partial charge is 0.485 e. The molecular formula is C12H13BrN2O2. The number of aryl methyl sites for hydroxylation is 1. The van der Waals surface area contributed by atoms with Gasteiger partial charge in [0, 0.05) is 22.6 Å². The highest BCUT2D eigenvalue weighted by Gasteiger charge is 2.06. The molecule has 0 fully saturated rings. The number of hydrogen-bond acceptors (Lipinski definition) is 4. The van der Waals surface area contributed by atoms with Crippen LogP contribution < -0.4 is 10.5 Å². The number of hydrogen-bond donors (Lipinski definition) is 1. The Morgan fingerprint density at radius 3 is 2.88 bits per heavy atom. The standard InChI is InChI=1S/C12H13BrN2O2/c1-8-4-11(17-15-8)7-16-12-3-2-10(13)5-9(12)6-14/h2-5H,6-7,14H2,1H3. The van der Waals surface area contributed by atoms with E-state index in [-0.39, 0.29) is 0 Å². The van der Waals surface area contributed by atoms with Crippen LogP contribution in [0.4, 0.5) is 0 Å². The normalized spacial score (nSPS) is 10.5. The van der Waals surface area contributed by atoms with E-state index < -0.39 is 0 Å². The Labute approximate surface area is 108 Å². The second-order valence-electron chi connectivity index (χ2n) is 3.68. The van der Waals surface area contributed by atoms with Gasteiger partial charge in [-0.05, 0) is 25.1 Å². The van der Waals surface area contributed by atoms with Crippen molar-refractivity contribution in [2.24, 2.45) is 5.73 Å². The maximum Gasteiger partial charge on any atom is 0.174 e. The number of nitrogens with two attached hydrogens (primary N) is 1. The molecule has 1 heterocycles. The van der Waals surface area contributed by atoms with Crippen LogP contribution in [0.2, 0.25) is 0 Å². The molecule has 0 saturated carbocycles. The van der Waals surface area contributed by atoms with E-state index in [1.165, 1.54) is 0 Å². The van der Waals surface area contributed by atoms with E-state index in [2.05, 4.69) is 21.1 Å². The van der Waals surface area contributed by atoms with Crippen LogP contribution >= 0.6 is 15.9 Å². The van der Waals surface area contributed by atoms with Gasteiger partial charge in [0.1, 0.15) is 12.4 Å². The number of benzene rings is 1. The maximum absolute atomic E-state index is 5.66. The number of rotatable bonds is 4. The summed E-state index contributed by atoms with van der Waals surface area (Å²) in [6, 6.07) is 7.59. The molecule has 2 aromatic rings. The van der Waals surface area contributed by atoms with Crippen molar-refractivity contribution in [3.05, 3.63) is 45.8 Å². The van der Waals surface area contributed by atoms with Crippen molar-refractivity contribution < 1.29 is 9.26 Å². The van der Waals surface area contributed by atoms with Crippen LogP contribution in [0.15, 0.2) is 33.3 Å². The lowest BCUT2D eigenvalue weighted by Crippen LogP contribution is -2.02. The summed E-state index contributed by atoms with van der Waals surface area (Å²) in [5.74, 6) is 1.47. The number of halogens is 1. The van der Waals surface area contributed by atoms with E-state index in [1.807, 2.05) is 31.2 Å². The highest BCUT2D eigenvalue weighted by molar-refractivity contribution is 9.10. The van der Waals surface area contributed by atoms with Crippen LogP contribution in [0.5, 0.6) is 5.75 Å². The molecule has 0 spiro atoms. The Kier molecular flexibility index (Phi) is 3.81. The molecule has 90 valence electrons. The Morgan fingerprint density at radius 2 is 2.24 bits per heavy atom. The van der Waals surface area contributed by atoms with Crippen molar-refractivity contribution >= 4 is 15.9 Å². The van der Waals surface area contributed by atoms with Crippen molar-refractivity contribution in [3.63, 3.8) is 0 Å². The molecule has 2 rings (SSSR count). The second-order valence-corrected chi connectivity index (χ2v) is 4.60. The summed E-state index contributed by atoms with van der Waals surface area (Å²) in [7, 11) is 0. The van der Waals surface area contributed by atoms with Gasteiger partial charge in [-0.3, -0.25) is 0 Å². The molecule has 1 aromatic carbocycles. The number of nitrogens with zero attached hydrogens (tertiary/aromatic N) is 1. The molecule has 0 aliphatic carbocycles. The van der Waals surface area contributed by atoms with E-state index >= 15 is 0 Å². The van der Waals surface area contributed by atoms with Gasteiger partial charge in [-0.15, -0.1) is 0 Å². The van der Waals surface area contributed by atoms with Crippen LogP contribution in [-0.4, -0.2) is 5.16 Å². The number of aromatic nitrogens is 1. The highest BCUT2D eigenvalue weighted by Crippen LogP contribution is 2.23. The molecule has 0 radical (unpaired) electrons. The highest BCUT2D eigenvalue weighted by atomic mass is 79.9. The first-order valence-electron chi connectivity index (χ1n) is 5.22. The van der Waals surface area contributed by atoms with Gasteiger partial charge in [0.2, 0.25) is 0 Å². The number of ether oxygens (including phenoxy) is 1. The molecular weight excluding hydrogens is 284 g/mol. The topological polar surface area (TPSA) is 61.3 Å². The van der Waals surface area contributed by atoms with Gasteiger partial charge in [0.25, 0.3) is 0 Å². The third kappa shape index (κ3) is 3.08. The molecule has 0 saturated heterocycles. The second kappa shape index (κ2) is 5.33. The summed E-state index contributed by atoms with van der Waals surface area (Å²) in [4.78, 5) is 0. The minimum Gasteiger partial charge on any atom is -0.485 e. The monoisotopic (exact) mass is 296 g/mol. The van der Waals surface area contributed by atoms with Gasteiger partial charge in [-0.25, -0.2) is 0 Å². The van der Waals surface area contributed by atoms with E-state index in [1.54, 1.807) is 0 Å². The lowest BCUT2D eigenvalue weighted by Gasteiger charge is -2.09. The summed E-state index contributed by atoms with van der Waals surface area (Å²) in [6.07, 6.45) is 0. The quantitative estimate of drug-likeness (QED) is 0.942. The van der Waals surface area contributed by atoms with Crippen LogP contribution in [0, 0.1) is 6.92 Å². The molecule has 5 heteroatoms. The summed E-state index contributed by atoms with van der Waals surface area (Å²) >= 11 is 3.40. The van der Waals surface area contributed by atoms with Gasteiger partial charge in [-0.1, -0.05) is 21.1 Å². The molecule has 0 aliphatic heterocycles. The smallest absolute Gasteiger partial charge is 0.174 e. The minimum absolute atomic E-state index is 0.357. The molecule has 0 bridgehead atoms. The Hall–Kier alpha value is -1.33. The van der Waals surface area contributed by atoms with E-state index in [0.29, 0.717) is 18.9 Å². The van der Waals surface area contributed by atoms with Gasteiger partial charge in [-0.2, -0.15) is 0 Å². The van der Waals surface area contributed by atoms with E-state index in [9.17, 15) is 0 Å². The van der Waals surface area contributed by atoms with Gasteiger partial charge >= 0.3 is 0 Å². The van der Waals surface area contributed by atoms with Gasteiger partial charge in [0.15, 0.2) is 5.76 Å². The van der Waals surface area contributed by atoms with Gasteiger partial charge < -0.3 is 15.0 Å². The van der Waals surface area contributed by atoms with E-state index in [4.69, 9.17) is 15.0 Å². The Balaban J connectivity index is 2.08. The molecule has 2 N–H and O–H groups in total. The zero-order valence-electron chi connectivity index (χ0n) is 9.44.